The highest BCUT2D eigenvalue weighted by Crippen LogP contribution is 2.19. The fourth-order valence-electron chi connectivity index (χ4n) is 1.28. The number of nitrogens with one attached hydrogen (secondary N) is 2. The van der Waals surface area contributed by atoms with Gasteiger partial charge in [-0.1, -0.05) is 15.9 Å². The van der Waals surface area contributed by atoms with Gasteiger partial charge in [-0.3, -0.25) is 4.79 Å². The van der Waals surface area contributed by atoms with E-state index in [4.69, 9.17) is 10.2 Å². The van der Waals surface area contributed by atoms with Gasteiger partial charge in [-0.15, -0.1) is 0 Å². The van der Waals surface area contributed by atoms with Crippen molar-refractivity contribution in [2.24, 2.45) is 0 Å². The van der Waals surface area contributed by atoms with Crippen LogP contribution in [0, 0.1) is 5.82 Å². The molecule has 108 valence electrons. The van der Waals surface area contributed by atoms with Crippen LogP contribution in [0.15, 0.2) is 22.7 Å². The molecule has 0 saturated carbocycles. The van der Waals surface area contributed by atoms with E-state index >= 15 is 0 Å². The number of amides is 2. The largest absolute Gasteiger partial charge is 0.481 e. The summed E-state index contributed by atoms with van der Waals surface area (Å²) in [6.45, 7) is 0. The highest BCUT2D eigenvalue weighted by molar-refractivity contribution is 9.10. The summed E-state index contributed by atoms with van der Waals surface area (Å²) in [5, 5.41) is 21.3. The molecule has 7 nitrogen and oxygen atoms in total. The Balaban J connectivity index is 2.72. The van der Waals surface area contributed by atoms with Crippen LogP contribution in [0.1, 0.15) is 6.42 Å². The predicted octanol–water partition coefficient (Wildman–Crippen LogP) is 1.64. The van der Waals surface area contributed by atoms with E-state index in [1.165, 1.54) is 12.1 Å². The van der Waals surface area contributed by atoms with Crippen molar-refractivity contribution in [3.8, 4) is 0 Å². The molecule has 0 fully saturated rings. The van der Waals surface area contributed by atoms with Gasteiger partial charge in [-0.2, -0.15) is 0 Å². The van der Waals surface area contributed by atoms with E-state index in [0.29, 0.717) is 4.47 Å². The van der Waals surface area contributed by atoms with Crippen LogP contribution < -0.4 is 10.6 Å². The van der Waals surface area contributed by atoms with Gasteiger partial charge in [0.2, 0.25) is 0 Å². The first kappa shape index (κ1) is 15.9. The van der Waals surface area contributed by atoms with E-state index < -0.39 is 36.2 Å². The maximum atomic E-state index is 13.4. The van der Waals surface area contributed by atoms with Crippen molar-refractivity contribution < 1.29 is 29.0 Å². The first-order chi connectivity index (χ1) is 9.29. The van der Waals surface area contributed by atoms with E-state index in [-0.39, 0.29) is 5.69 Å². The predicted molar refractivity (Wildman–Crippen MR) is 69.9 cm³/mol. The van der Waals surface area contributed by atoms with E-state index in [2.05, 4.69) is 21.2 Å². The Morgan fingerprint density at radius 3 is 2.50 bits per heavy atom. The first-order valence-electron chi connectivity index (χ1n) is 5.26. The van der Waals surface area contributed by atoms with Gasteiger partial charge in [-0.25, -0.2) is 14.0 Å². The molecule has 9 heteroatoms. The number of carboxylic acids is 2. The molecule has 4 N–H and O–H groups in total. The van der Waals surface area contributed by atoms with Gasteiger partial charge in [0, 0.05) is 4.47 Å². The van der Waals surface area contributed by atoms with E-state index in [1.807, 2.05) is 5.32 Å². The van der Waals surface area contributed by atoms with E-state index in [1.54, 1.807) is 0 Å². The number of hydrogen-bond donors (Lipinski definition) is 4. The fraction of sp³-hybridized carbons (Fsp3) is 0.182. The second-order valence-corrected chi connectivity index (χ2v) is 4.63. The number of benzene rings is 1. The van der Waals surface area contributed by atoms with Gasteiger partial charge in [-0.05, 0) is 18.2 Å². The molecule has 0 heterocycles. The minimum absolute atomic E-state index is 0.170. The zero-order valence-corrected chi connectivity index (χ0v) is 11.5. The number of aliphatic carboxylic acids is 2. The van der Waals surface area contributed by atoms with Crippen molar-refractivity contribution in [3.05, 3.63) is 28.5 Å². The topological polar surface area (TPSA) is 116 Å². The molecule has 0 radical (unpaired) electrons. The summed E-state index contributed by atoms with van der Waals surface area (Å²) in [7, 11) is 0. The maximum absolute atomic E-state index is 13.4. The summed E-state index contributed by atoms with van der Waals surface area (Å²) in [4.78, 5) is 32.7. The van der Waals surface area contributed by atoms with Crippen molar-refractivity contribution >= 4 is 39.6 Å². The molecule has 0 aliphatic rings. The Bertz CT molecular complexity index is 552. The van der Waals surface area contributed by atoms with Gasteiger partial charge < -0.3 is 20.8 Å². The number of carboxylic acid groups (broad SMARTS) is 2. The molecule has 1 rings (SSSR count). The number of hydrogen-bond acceptors (Lipinski definition) is 3. The molecule has 0 aromatic heterocycles. The number of anilines is 1. The quantitative estimate of drug-likeness (QED) is 0.645. The van der Waals surface area contributed by atoms with Gasteiger partial charge in [0.1, 0.15) is 11.9 Å². The third-order valence-corrected chi connectivity index (χ3v) is 2.65. The summed E-state index contributed by atoms with van der Waals surface area (Å²) in [6.07, 6.45) is -0.788. The molecule has 0 saturated heterocycles. The summed E-state index contributed by atoms with van der Waals surface area (Å²) < 4.78 is 13.9. The van der Waals surface area contributed by atoms with Crippen LogP contribution in [0.5, 0.6) is 0 Å². The Kier molecular flexibility index (Phi) is 5.44. The molecule has 0 aliphatic heterocycles. The fourth-order valence-corrected chi connectivity index (χ4v) is 1.65. The second-order valence-electron chi connectivity index (χ2n) is 3.71. The van der Waals surface area contributed by atoms with Crippen LogP contribution in [0.3, 0.4) is 0 Å². The molecule has 1 atom stereocenters. The molecule has 0 spiro atoms. The summed E-state index contributed by atoms with van der Waals surface area (Å²) in [5.41, 5.74) is -0.170. The molecule has 0 aliphatic carbocycles. The smallest absolute Gasteiger partial charge is 0.326 e. The Morgan fingerprint density at radius 2 is 1.95 bits per heavy atom. The maximum Gasteiger partial charge on any atom is 0.326 e. The van der Waals surface area contributed by atoms with Crippen LogP contribution >= 0.6 is 15.9 Å². The van der Waals surface area contributed by atoms with Crippen LogP contribution in [0.2, 0.25) is 0 Å². The molecule has 1 aromatic carbocycles. The average molecular weight is 349 g/mol. The lowest BCUT2D eigenvalue weighted by molar-refractivity contribution is -0.145. The first-order valence-corrected chi connectivity index (χ1v) is 6.06. The minimum Gasteiger partial charge on any atom is -0.481 e. The van der Waals surface area contributed by atoms with E-state index in [9.17, 15) is 18.8 Å². The van der Waals surface area contributed by atoms with Crippen molar-refractivity contribution in [1.29, 1.82) is 0 Å². The molecular formula is C11H10BrFN2O5. The Labute approximate surface area is 120 Å². The summed E-state index contributed by atoms with van der Waals surface area (Å²) in [5.74, 6) is -3.60. The normalized spacial score (nSPS) is 11.5. The molecule has 0 unspecified atom stereocenters. The van der Waals surface area contributed by atoms with Gasteiger partial charge in [0.25, 0.3) is 0 Å². The van der Waals surface area contributed by atoms with Crippen molar-refractivity contribution in [1.82, 2.24) is 5.32 Å². The molecule has 20 heavy (non-hydrogen) atoms. The average Bonchev–Trinajstić information content (AvgIpc) is 2.32. The summed E-state index contributed by atoms with van der Waals surface area (Å²) >= 11 is 3.08. The molecule has 2 amide bonds. The SMILES string of the molecule is O=C(O)C[C@H](NC(=O)Nc1cc(Br)ccc1F)C(=O)O. The Morgan fingerprint density at radius 1 is 1.30 bits per heavy atom. The van der Waals surface area contributed by atoms with Crippen molar-refractivity contribution in [3.63, 3.8) is 0 Å². The van der Waals surface area contributed by atoms with Crippen LogP contribution in [-0.2, 0) is 9.59 Å². The lowest BCUT2D eigenvalue weighted by Gasteiger charge is -2.13. The zero-order valence-electron chi connectivity index (χ0n) is 9.89. The van der Waals surface area contributed by atoms with Crippen molar-refractivity contribution in [2.45, 2.75) is 12.5 Å². The van der Waals surface area contributed by atoms with Crippen LogP contribution in [0.4, 0.5) is 14.9 Å². The second kappa shape index (κ2) is 6.85. The van der Waals surface area contributed by atoms with Crippen molar-refractivity contribution in [2.75, 3.05) is 5.32 Å². The third kappa shape index (κ3) is 4.84. The lowest BCUT2D eigenvalue weighted by Crippen LogP contribution is -2.44. The zero-order chi connectivity index (χ0) is 15.3. The highest BCUT2D eigenvalue weighted by atomic mass is 79.9. The third-order valence-electron chi connectivity index (χ3n) is 2.16. The van der Waals surface area contributed by atoms with Gasteiger partial charge in [0.15, 0.2) is 0 Å². The highest BCUT2D eigenvalue weighted by Gasteiger charge is 2.23. The number of carbonyl (C=O) groups is 3. The molecule has 1 aromatic rings. The van der Waals surface area contributed by atoms with Gasteiger partial charge >= 0.3 is 18.0 Å². The number of halogens is 2. The summed E-state index contributed by atoms with van der Waals surface area (Å²) in [6, 6.07) is 1.18. The lowest BCUT2D eigenvalue weighted by atomic mass is 10.2. The molecular weight excluding hydrogens is 339 g/mol. The van der Waals surface area contributed by atoms with Crippen LogP contribution in [-0.4, -0.2) is 34.2 Å². The number of rotatable bonds is 5. The minimum atomic E-state index is -1.61. The monoisotopic (exact) mass is 348 g/mol. The van der Waals surface area contributed by atoms with Crippen LogP contribution in [0.25, 0.3) is 0 Å². The Hall–Kier alpha value is -2.16. The van der Waals surface area contributed by atoms with E-state index in [0.717, 1.165) is 6.07 Å². The molecule has 0 bridgehead atoms. The standard InChI is InChI=1S/C11H10BrFN2O5/c12-5-1-2-6(13)7(3-5)14-11(20)15-8(10(18)19)4-9(16)17/h1-3,8H,4H2,(H,16,17)(H,18,19)(H2,14,15,20)/t8-/m0/s1. The number of carbonyl (C=O) groups excluding carboxylic acids is 1. The number of urea groups is 1. The van der Waals surface area contributed by atoms with Gasteiger partial charge in [0.05, 0.1) is 12.1 Å².